The maximum atomic E-state index is 12.8. The van der Waals surface area contributed by atoms with E-state index in [0.29, 0.717) is 16.8 Å². The number of allylic oxidation sites excluding steroid dienone is 1. The van der Waals surface area contributed by atoms with Crippen molar-refractivity contribution in [2.24, 2.45) is 0 Å². The second kappa shape index (κ2) is 7.37. The lowest BCUT2D eigenvalue weighted by molar-refractivity contribution is -0.384. The van der Waals surface area contributed by atoms with Crippen LogP contribution in [0.4, 0.5) is 5.69 Å². The zero-order valence-corrected chi connectivity index (χ0v) is 15.9. The number of rotatable bonds is 5. The molecule has 8 heteroatoms. The van der Waals surface area contributed by atoms with Gasteiger partial charge in [0.1, 0.15) is 16.5 Å². The van der Waals surface area contributed by atoms with E-state index in [2.05, 4.69) is 9.97 Å². The highest BCUT2D eigenvalue weighted by Gasteiger charge is 2.15. The van der Waals surface area contributed by atoms with Gasteiger partial charge in [0.2, 0.25) is 5.78 Å². The van der Waals surface area contributed by atoms with Crippen molar-refractivity contribution in [1.82, 2.24) is 9.97 Å². The molecule has 0 aliphatic heterocycles. The summed E-state index contributed by atoms with van der Waals surface area (Å²) in [4.78, 5) is 30.7. The summed E-state index contributed by atoms with van der Waals surface area (Å²) in [6, 6.07) is 11.8. The summed E-state index contributed by atoms with van der Waals surface area (Å²) in [5, 5.41) is 12.8. The Morgan fingerprint density at radius 3 is 2.79 bits per heavy atom. The van der Waals surface area contributed by atoms with Gasteiger partial charge in [-0.05, 0) is 42.0 Å². The van der Waals surface area contributed by atoms with Crippen LogP contribution in [-0.4, -0.2) is 27.8 Å². The number of methoxy groups -OCH3 is 1. The third-order valence-electron chi connectivity index (χ3n) is 4.55. The molecule has 0 unspecified atom stereocenters. The quantitative estimate of drug-likeness (QED) is 0.212. The molecule has 4 aromatic rings. The van der Waals surface area contributed by atoms with Crippen LogP contribution in [0.1, 0.15) is 16.1 Å². The third-order valence-corrected chi connectivity index (χ3v) is 4.87. The number of nitro groups is 1. The summed E-state index contributed by atoms with van der Waals surface area (Å²) in [7, 11) is 1.60. The number of hydrogen-bond acceptors (Lipinski definition) is 5. The van der Waals surface area contributed by atoms with Gasteiger partial charge < -0.3 is 9.72 Å². The number of carbonyl (C=O) groups is 1. The van der Waals surface area contributed by atoms with Crippen molar-refractivity contribution < 1.29 is 14.5 Å². The number of aromatic nitrogens is 2. The number of benzene rings is 2. The lowest BCUT2D eigenvalue weighted by Crippen LogP contribution is -1.99. The van der Waals surface area contributed by atoms with Gasteiger partial charge in [0.25, 0.3) is 5.69 Å². The zero-order valence-electron chi connectivity index (χ0n) is 15.2. The lowest BCUT2D eigenvalue weighted by Gasteiger charge is -2.00. The number of nitro benzene ring substituents is 1. The number of hydrogen-bond donors (Lipinski definition) is 1. The fourth-order valence-electron chi connectivity index (χ4n) is 3.14. The monoisotopic (exact) mass is 407 g/mol. The molecule has 4 rings (SSSR count). The van der Waals surface area contributed by atoms with Gasteiger partial charge in [-0.15, -0.1) is 0 Å². The van der Waals surface area contributed by atoms with Crippen molar-refractivity contribution in [2.45, 2.75) is 0 Å². The van der Waals surface area contributed by atoms with Gasteiger partial charge in [0, 0.05) is 28.6 Å². The van der Waals surface area contributed by atoms with E-state index in [0.717, 1.165) is 16.3 Å². The summed E-state index contributed by atoms with van der Waals surface area (Å²) in [5.74, 6) is 0.388. The summed E-state index contributed by atoms with van der Waals surface area (Å²) in [5.41, 5.74) is 2.01. The highest BCUT2D eigenvalue weighted by atomic mass is 35.5. The molecule has 0 atom stereocenters. The van der Waals surface area contributed by atoms with Crippen molar-refractivity contribution in [3.8, 4) is 5.75 Å². The van der Waals surface area contributed by atoms with E-state index in [4.69, 9.17) is 16.3 Å². The number of halogens is 1. The second-order valence-electron chi connectivity index (χ2n) is 6.28. The van der Waals surface area contributed by atoms with Gasteiger partial charge in [-0.3, -0.25) is 19.9 Å². The number of nitrogens with one attached hydrogen (secondary N) is 1. The Hall–Kier alpha value is -3.71. The molecular weight excluding hydrogens is 394 g/mol. The second-order valence-corrected chi connectivity index (χ2v) is 6.69. The van der Waals surface area contributed by atoms with Crippen molar-refractivity contribution in [2.75, 3.05) is 7.11 Å². The average molecular weight is 408 g/mol. The standard InChI is InChI=1S/C21H14ClN3O4/c1-29-13-4-6-17-15(11-13)14-8-9-23-21(20(14)24-17)19(26)7-3-12-2-5-16(22)18(10-12)25(27)28/h2-11,24H,1H3/b7-3+. The Kier molecular flexibility index (Phi) is 4.74. The molecule has 0 aliphatic carbocycles. The minimum atomic E-state index is -0.567. The van der Waals surface area contributed by atoms with Crippen LogP contribution < -0.4 is 4.74 Å². The van der Waals surface area contributed by atoms with Crippen LogP contribution in [-0.2, 0) is 0 Å². The van der Waals surface area contributed by atoms with Crippen molar-refractivity contribution in [3.63, 3.8) is 0 Å². The highest BCUT2D eigenvalue weighted by Crippen LogP contribution is 2.30. The van der Waals surface area contributed by atoms with Gasteiger partial charge in [-0.2, -0.15) is 0 Å². The van der Waals surface area contributed by atoms with Crippen molar-refractivity contribution >= 4 is 51.0 Å². The van der Waals surface area contributed by atoms with E-state index >= 15 is 0 Å². The number of carbonyl (C=O) groups excluding carboxylic acids is 1. The molecule has 0 amide bonds. The molecule has 2 aromatic carbocycles. The predicted molar refractivity (Wildman–Crippen MR) is 112 cm³/mol. The normalized spacial score (nSPS) is 11.4. The molecule has 144 valence electrons. The summed E-state index contributed by atoms with van der Waals surface area (Å²) < 4.78 is 5.28. The Morgan fingerprint density at radius 2 is 2.03 bits per heavy atom. The SMILES string of the molecule is COc1ccc2[nH]c3c(C(=O)/C=C/c4ccc(Cl)c([N+](=O)[O-])c4)nccc3c2c1. The highest BCUT2D eigenvalue weighted by molar-refractivity contribution is 6.32. The average Bonchev–Trinajstić information content (AvgIpc) is 3.10. The van der Waals surface area contributed by atoms with Crippen LogP contribution in [0.25, 0.3) is 27.9 Å². The largest absolute Gasteiger partial charge is 0.497 e. The molecule has 29 heavy (non-hydrogen) atoms. The van der Waals surface area contributed by atoms with E-state index in [9.17, 15) is 14.9 Å². The number of fused-ring (bicyclic) bond motifs is 3. The van der Waals surface area contributed by atoms with Gasteiger partial charge >= 0.3 is 0 Å². The van der Waals surface area contributed by atoms with Crippen molar-refractivity contribution in [1.29, 1.82) is 0 Å². The first-order chi connectivity index (χ1) is 14.0. The molecule has 0 bridgehead atoms. The number of H-pyrrole nitrogens is 1. The van der Waals surface area contributed by atoms with E-state index in [1.807, 2.05) is 24.3 Å². The van der Waals surface area contributed by atoms with Gasteiger partial charge in [0.15, 0.2) is 0 Å². The number of ether oxygens (including phenoxy) is 1. The van der Waals surface area contributed by atoms with Gasteiger partial charge in [0.05, 0.1) is 17.5 Å². The number of ketones is 1. The van der Waals surface area contributed by atoms with E-state index in [-0.39, 0.29) is 22.2 Å². The minimum Gasteiger partial charge on any atom is -0.497 e. The van der Waals surface area contributed by atoms with Crippen LogP contribution in [0.3, 0.4) is 0 Å². The van der Waals surface area contributed by atoms with Crippen LogP contribution in [0.15, 0.2) is 54.7 Å². The molecular formula is C21H14ClN3O4. The first kappa shape index (κ1) is 18.6. The maximum absolute atomic E-state index is 12.8. The van der Waals surface area contributed by atoms with Gasteiger partial charge in [-0.1, -0.05) is 23.7 Å². The minimum absolute atomic E-state index is 0.0402. The Morgan fingerprint density at radius 1 is 1.21 bits per heavy atom. The molecule has 7 nitrogen and oxygen atoms in total. The summed E-state index contributed by atoms with van der Waals surface area (Å²) in [6.45, 7) is 0. The summed E-state index contributed by atoms with van der Waals surface area (Å²) >= 11 is 5.82. The number of aromatic amines is 1. The molecule has 0 fully saturated rings. The zero-order chi connectivity index (χ0) is 20.5. The maximum Gasteiger partial charge on any atom is 0.288 e. The Labute approximate surface area is 169 Å². The van der Waals surface area contributed by atoms with Crippen LogP contribution in [0.5, 0.6) is 5.75 Å². The molecule has 0 radical (unpaired) electrons. The van der Waals surface area contributed by atoms with Crippen molar-refractivity contribution in [3.05, 3.63) is 81.1 Å². The molecule has 0 aliphatic rings. The fourth-order valence-corrected chi connectivity index (χ4v) is 3.33. The lowest BCUT2D eigenvalue weighted by atomic mass is 10.1. The molecule has 2 aromatic heterocycles. The van der Waals surface area contributed by atoms with E-state index in [1.54, 1.807) is 19.4 Å². The molecule has 2 heterocycles. The summed E-state index contributed by atoms with van der Waals surface area (Å²) in [6.07, 6.45) is 4.40. The third kappa shape index (κ3) is 3.43. The van der Waals surface area contributed by atoms with E-state index in [1.165, 1.54) is 24.3 Å². The number of pyridine rings is 1. The molecule has 0 saturated carbocycles. The first-order valence-electron chi connectivity index (χ1n) is 8.58. The van der Waals surface area contributed by atoms with Crippen LogP contribution in [0, 0.1) is 10.1 Å². The van der Waals surface area contributed by atoms with Crippen LogP contribution in [0.2, 0.25) is 5.02 Å². The topological polar surface area (TPSA) is 98.1 Å². The first-order valence-corrected chi connectivity index (χ1v) is 8.96. The fraction of sp³-hybridized carbons (Fsp3) is 0.0476. The Balaban J connectivity index is 1.73. The van der Waals surface area contributed by atoms with Gasteiger partial charge in [-0.25, -0.2) is 0 Å². The predicted octanol–water partition coefficient (Wildman–Crippen LogP) is 5.18. The Bertz CT molecular complexity index is 1310. The molecule has 0 spiro atoms. The van der Waals surface area contributed by atoms with E-state index < -0.39 is 4.92 Å². The smallest absolute Gasteiger partial charge is 0.288 e. The molecule has 0 saturated heterocycles. The van der Waals surface area contributed by atoms with Crippen LogP contribution >= 0.6 is 11.6 Å². The molecule has 1 N–H and O–H groups in total. The number of nitrogens with zero attached hydrogens (tertiary/aromatic N) is 2.